The van der Waals surface area contributed by atoms with Crippen molar-refractivity contribution in [3.05, 3.63) is 95.6 Å². The molecule has 4 aliphatic heterocycles. The highest BCUT2D eigenvalue weighted by atomic mass is 19.1. The van der Waals surface area contributed by atoms with Crippen molar-refractivity contribution in [3.8, 4) is 0 Å². The Morgan fingerprint density at radius 1 is 0.611 bits per heavy atom. The summed E-state index contributed by atoms with van der Waals surface area (Å²) in [7, 11) is 0. The number of benzene rings is 2. The number of piperazine rings is 2. The van der Waals surface area contributed by atoms with Crippen LogP contribution in [0.25, 0.3) is 21.8 Å². The van der Waals surface area contributed by atoms with Crippen molar-refractivity contribution in [2.75, 3.05) is 142 Å². The van der Waals surface area contributed by atoms with Crippen LogP contribution in [0.2, 0.25) is 0 Å². The lowest BCUT2D eigenvalue weighted by atomic mass is 9.99. The van der Waals surface area contributed by atoms with Gasteiger partial charge in [-0.25, -0.2) is 32.3 Å². The fourth-order valence-electron chi connectivity index (χ4n) is 9.33. The Labute approximate surface area is 416 Å². The summed E-state index contributed by atoms with van der Waals surface area (Å²) in [5.41, 5.74) is 6.35. The Kier molecular flexibility index (Phi) is 15.3. The highest BCUT2D eigenvalue weighted by Gasteiger charge is 2.28. The smallest absolute Gasteiger partial charge is 0.409 e. The molecule has 4 saturated heterocycles. The minimum Gasteiger partial charge on any atom is -0.449 e. The van der Waals surface area contributed by atoms with Gasteiger partial charge in [-0.05, 0) is 31.4 Å². The molecule has 6 aromatic rings. The number of nitrogens with one attached hydrogen (secondary N) is 3. The zero-order valence-electron chi connectivity index (χ0n) is 41.5. The maximum absolute atomic E-state index is 15.2. The standard InChI is InChI=1S/C29H36F2N6O3.C23H26F2N6O/c1-19-26(33-21-15-22(17-32-16-21)35-9-11-39-12-10-35)25-23(31)13-20(30)14-24(25)34-27(19)36-5-7-37(8-6-36)28(38)40-18-29(2,3)4;1-15-22(28-17-12-18(14-27-13-17)30-6-8-32-9-7-30)21-19(25)10-16(24)11-20(21)29-23(15)31-4-2-26-3-5-31/h13-17H,5-12,18H2,1-4H3,(H,33,34);10-14,26H,2-9H2,1H3,(H,28,29). The van der Waals surface area contributed by atoms with E-state index in [4.69, 9.17) is 14.2 Å². The molecule has 72 heavy (non-hydrogen) atoms. The van der Waals surface area contributed by atoms with Gasteiger partial charge in [-0.3, -0.25) is 9.97 Å². The maximum Gasteiger partial charge on any atom is 0.409 e. The van der Waals surface area contributed by atoms with Gasteiger partial charge in [0.25, 0.3) is 0 Å². The molecular weight excluding hydrogens is 933 g/mol. The number of nitrogens with zero attached hydrogens (tertiary/aromatic N) is 9. The topological polar surface area (TPSA) is 149 Å². The molecule has 20 heteroatoms. The fourth-order valence-corrected chi connectivity index (χ4v) is 9.33. The summed E-state index contributed by atoms with van der Waals surface area (Å²) >= 11 is 0. The first-order valence-electron chi connectivity index (χ1n) is 24.5. The van der Waals surface area contributed by atoms with E-state index in [1.54, 1.807) is 23.5 Å². The van der Waals surface area contributed by atoms with Crippen molar-refractivity contribution in [1.29, 1.82) is 0 Å². The van der Waals surface area contributed by atoms with Gasteiger partial charge < -0.3 is 54.7 Å². The summed E-state index contributed by atoms with van der Waals surface area (Å²) in [6.07, 6.45) is 6.66. The van der Waals surface area contributed by atoms with E-state index in [1.165, 1.54) is 12.1 Å². The Balaban J connectivity index is 0.000000182. The van der Waals surface area contributed by atoms with Crippen LogP contribution in [0.15, 0.2) is 61.2 Å². The van der Waals surface area contributed by atoms with Crippen LogP contribution < -0.4 is 35.6 Å². The molecular formula is C52H62F4N12O4. The molecule has 0 spiro atoms. The molecule has 10 rings (SSSR count). The van der Waals surface area contributed by atoms with Crippen LogP contribution in [0.1, 0.15) is 31.9 Å². The lowest BCUT2D eigenvalue weighted by Gasteiger charge is -2.36. The van der Waals surface area contributed by atoms with Crippen LogP contribution in [0.3, 0.4) is 0 Å². The zero-order chi connectivity index (χ0) is 50.5. The molecule has 0 atom stereocenters. The third kappa shape index (κ3) is 11.6. The number of fused-ring (bicyclic) bond motifs is 2. The third-order valence-corrected chi connectivity index (χ3v) is 13.1. The molecule has 0 radical (unpaired) electrons. The molecule has 4 aliphatic rings. The van der Waals surface area contributed by atoms with E-state index in [0.29, 0.717) is 87.6 Å². The molecule has 1 amide bonds. The quantitative estimate of drug-likeness (QED) is 0.119. The van der Waals surface area contributed by atoms with E-state index >= 15 is 4.39 Å². The molecule has 0 saturated carbocycles. The third-order valence-electron chi connectivity index (χ3n) is 13.1. The number of aromatic nitrogens is 4. The Morgan fingerprint density at radius 2 is 1.06 bits per heavy atom. The van der Waals surface area contributed by atoms with Crippen molar-refractivity contribution in [3.63, 3.8) is 0 Å². The van der Waals surface area contributed by atoms with Crippen LogP contribution in [-0.4, -0.2) is 143 Å². The first kappa shape index (κ1) is 50.2. The summed E-state index contributed by atoms with van der Waals surface area (Å²) in [5.74, 6) is -1.31. The Bertz CT molecular complexity index is 2900. The molecule has 2 aromatic carbocycles. The van der Waals surface area contributed by atoms with Crippen molar-refractivity contribution in [2.45, 2.75) is 34.6 Å². The number of morpholine rings is 2. The summed E-state index contributed by atoms with van der Waals surface area (Å²) in [6, 6.07) is 8.27. The van der Waals surface area contributed by atoms with Gasteiger partial charge in [0.15, 0.2) is 0 Å². The molecule has 3 N–H and O–H groups in total. The second kappa shape index (κ2) is 21.9. The van der Waals surface area contributed by atoms with Crippen LogP contribution >= 0.6 is 0 Å². The van der Waals surface area contributed by atoms with Gasteiger partial charge in [0.1, 0.15) is 34.9 Å². The Morgan fingerprint density at radius 3 is 1.50 bits per heavy atom. The van der Waals surface area contributed by atoms with Gasteiger partial charge in [-0.15, -0.1) is 0 Å². The molecule has 0 bridgehead atoms. The Hall–Kier alpha value is -6.77. The average Bonchev–Trinajstić information content (AvgIpc) is 3.38. The number of rotatable bonds is 9. The van der Waals surface area contributed by atoms with Gasteiger partial charge in [0, 0.05) is 114 Å². The molecule has 8 heterocycles. The first-order chi connectivity index (χ1) is 34.7. The van der Waals surface area contributed by atoms with E-state index in [2.05, 4.69) is 50.6 Å². The molecule has 0 unspecified atom stereocenters. The van der Waals surface area contributed by atoms with Gasteiger partial charge >= 0.3 is 6.09 Å². The summed E-state index contributed by atoms with van der Waals surface area (Å²) in [4.78, 5) is 41.0. The number of anilines is 8. The molecule has 4 fully saturated rings. The number of pyridine rings is 4. The highest BCUT2D eigenvalue weighted by Crippen LogP contribution is 2.39. The number of halogens is 4. The molecule has 0 aliphatic carbocycles. The lowest BCUT2D eigenvalue weighted by Crippen LogP contribution is -2.49. The van der Waals surface area contributed by atoms with E-state index in [9.17, 15) is 18.0 Å². The first-order valence-corrected chi connectivity index (χ1v) is 24.5. The fraction of sp³-hybridized carbons (Fsp3) is 0.442. The predicted molar refractivity (Wildman–Crippen MR) is 274 cm³/mol. The van der Waals surface area contributed by atoms with E-state index in [-0.39, 0.29) is 27.8 Å². The van der Waals surface area contributed by atoms with Crippen LogP contribution in [0, 0.1) is 42.5 Å². The minimum absolute atomic E-state index is 0.116. The van der Waals surface area contributed by atoms with Crippen molar-refractivity contribution in [1.82, 2.24) is 30.2 Å². The van der Waals surface area contributed by atoms with Crippen molar-refractivity contribution >= 4 is 73.7 Å². The summed E-state index contributed by atoms with van der Waals surface area (Å²) < 4.78 is 74.9. The second-order valence-corrected chi connectivity index (χ2v) is 19.6. The van der Waals surface area contributed by atoms with Crippen molar-refractivity contribution in [2.24, 2.45) is 5.41 Å². The van der Waals surface area contributed by atoms with Gasteiger partial charge in [0.2, 0.25) is 0 Å². The minimum atomic E-state index is -0.694. The van der Waals surface area contributed by atoms with E-state index < -0.39 is 23.3 Å². The van der Waals surface area contributed by atoms with Gasteiger partial charge in [-0.2, -0.15) is 0 Å². The normalized spacial score (nSPS) is 16.7. The van der Waals surface area contributed by atoms with Crippen molar-refractivity contribution < 1.29 is 36.6 Å². The number of hydrogen-bond acceptors (Lipinski definition) is 15. The number of ether oxygens (including phenoxy) is 3. The second-order valence-electron chi connectivity index (χ2n) is 19.6. The van der Waals surface area contributed by atoms with E-state index in [0.717, 1.165) is 98.5 Å². The largest absolute Gasteiger partial charge is 0.449 e. The lowest BCUT2D eigenvalue weighted by molar-refractivity contribution is 0.0707. The molecule has 16 nitrogen and oxygen atoms in total. The SMILES string of the molecule is Cc1c(N2CCN(C(=O)OCC(C)(C)C)CC2)nc2cc(F)cc(F)c2c1Nc1cncc(N2CCOCC2)c1.Cc1c(N2CCNCC2)nc2cc(F)cc(F)c2c1Nc1cncc(N2CCOCC2)c1. The highest BCUT2D eigenvalue weighted by molar-refractivity contribution is 5.99. The monoisotopic (exact) mass is 994 g/mol. The van der Waals surface area contributed by atoms with Crippen LogP contribution in [-0.2, 0) is 14.2 Å². The number of carbonyl (C=O) groups is 1. The van der Waals surface area contributed by atoms with Gasteiger partial charge in [0.05, 0.1) is 114 Å². The predicted octanol–water partition coefficient (Wildman–Crippen LogP) is 8.31. The summed E-state index contributed by atoms with van der Waals surface area (Å²) in [6.45, 7) is 21.1. The molecule has 382 valence electrons. The van der Waals surface area contributed by atoms with Crippen LogP contribution in [0.4, 0.5) is 68.1 Å². The van der Waals surface area contributed by atoms with Crippen LogP contribution in [0.5, 0.6) is 0 Å². The summed E-state index contributed by atoms with van der Waals surface area (Å²) in [5, 5.41) is 10.5. The average molecular weight is 995 g/mol. The number of carbonyl (C=O) groups excluding carboxylic acids is 1. The van der Waals surface area contributed by atoms with E-state index in [1.807, 2.05) is 57.8 Å². The van der Waals surface area contributed by atoms with Gasteiger partial charge in [-0.1, -0.05) is 20.8 Å². The molecule has 4 aromatic heterocycles. The maximum atomic E-state index is 15.2. The number of hydrogen-bond donors (Lipinski definition) is 3. The number of amides is 1. The zero-order valence-corrected chi connectivity index (χ0v) is 41.5.